The van der Waals surface area contributed by atoms with E-state index in [2.05, 4.69) is 17.6 Å². The number of hydrogen-bond donors (Lipinski definition) is 3. The van der Waals surface area contributed by atoms with Crippen molar-refractivity contribution in [2.75, 3.05) is 6.54 Å². The van der Waals surface area contributed by atoms with Crippen molar-refractivity contribution in [3.8, 4) is 0 Å². The largest absolute Gasteiger partial charge is 0.481 e. The van der Waals surface area contributed by atoms with Crippen LogP contribution in [0.1, 0.15) is 46.5 Å². The maximum Gasteiger partial charge on any atom is 0.303 e. The zero-order valence-electron chi connectivity index (χ0n) is 11.0. The topological polar surface area (TPSA) is 78.4 Å². The van der Waals surface area contributed by atoms with Gasteiger partial charge in [0.1, 0.15) is 0 Å². The summed E-state index contributed by atoms with van der Waals surface area (Å²) in [5, 5.41) is 14.4. The lowest BCUT2D eigenvalue weighted by molar-refractivity contribution is -0.137. The molecule has 2 atom stereocenters. The molecule has 0 aromatic rings. The first-order chi connectivity index (χ1) is 7.97. The van der Waals surface area contributed by atoms with Crippen molar-refractivity contribution >= 4 is 11.9 Å². The van der Waals surface area contributed by atoms with Crippen LogP contribution in [-0.4, -0.2) is 35.6 Å². The van der Waals surface area contributed by atoms with Gasteiger partial charge in [-0.2, -0.15) is 0 Å². The molecule has 0 spiro atoms. The van der Waals surface area contributed by atoms with Crippen LogP contribution in [0.3, 0.4) is 0 Å². The SMILES string of the molecule is CCCC(C)NC(=O)C(C)NCCCC(=O)O. The molecule has 0 aromatic heterocycles. The van der Waals surface area contributed by atoms with Crippen molar-refractivity contribution in [2.24, 2.45) is 0 Å². The van der Waals surface area contributed by atoms with Gasteiger partial charge in [0.15, 0.2) is 0 Å². The van der Waals surface area contributed by atoms with Crippen molar-refractivity contribution < 1.29 is 14.7 Å². The third-order valence-corrected chi connectivity index (χ3v) is 2.52. The number of aliphatic carboxylic acids is 1. The Labute approximate surface area is 103 Å². The number of hydrogen-bond acceptors (Lipinski definition) is 3. The third-order valence-electron chi connectivity index (χ3n) is 2.52. The van der Waals surface area contributed by atoms with E-state index in [1.165, 1.54) is 0 Å². The van der Waals surface area contributed by atoms with Gasteiger partial charge >= 0.3 is 5.97 Å². The molecule has 0 aliphatic heterocycles. The van der Waals surface area contributed by atoms with Crippen molar-refractivity contribution in [3.05, 3.63) is 0 Å². The molecule has 0 fully saturated rings. The van der Waals surface area contributed by atoms with E-state index in [1.807, 2.05) is 6.92 Å². The summed E-state index contributed by atoms with van der Waals surface area (Å²) >= 11 is 0. The number of carboxylic acid groups (broad SMARTS) is 1. The van der Waals surface area contributed by atoms with Crippen molar-refractivity contribution in [2.45, 2.75) is 58.5 Å². The molecule has 5 heteroatoms. The first-order valence-electron chi connectivity index (χ1n) is 6.23. The lowest BCUT2D eigenvalue weighted by Gasteiger charge is -2.17. The van der Waals surface area contributed by atoms with Gasteiger partial charge in [-0.3, -0.25) is 9.59 Å². The van der Waals surface area contributed by atoms with Crippen LogP contribution < -0.4 is 10.6 Å². The standard InChI is InChI=1S/C12H24N2O3/c1-4-6-9(2)14-12(17)10(3)13-8-5-7-11(15)16/h9-10,13H,4-8H2,1-3H3,(H,14,17)(H,15,16). The Kier molecular flexibility index (Phi) is 8.40. The quantitative estimate of drug-likeness (QED) is 0.531. The Morgan fingerprint density at radius 1 is 1.29 bits per heavy atom. The van der Waals surface area contributed by atoms with Crippen LogP contribution in [0, 0.1) is 0 Å². The summed E-state index contributed by atoms with van der Waals surface area (Å²) < 4.78 is 0. The number of nitrogens with one attached hydrogen (secondary N) is 2. The second-order valence-corrected chi connectivity index (χ2v) is 4.37. The molecule has 0 aliphatic carbocycles. The van der Waals surface area contributed by atoms with Gasteiger partial charge in [0.05, 0.1) is 6.04 Å². The minimum absolute atomic E-state index is 0.0266. The Bertz CT molecular complexity index is 244. The van der Waals surface area contributed by atoms with Gasteiger partial charge in [0.2, 0.25) is 5.91 Å². The normalized spacial score (nSPS) is 14.1. The van der Waals surface area contributed by atoms with Crippen molar-refractivity contribution in [3.63, 3.8) is 0 Å². The van der Waals surface area contributed by atoms with E-state index in [1.54, 1.807) is 6.92 Å². The van der Waals surface area contributed by atoms with Gasteiger partial charge < -0.3 is 15.7 Å². The molecule has 0 rings (SSSR count). The van der Waals surface area contributed by atoms with Gasteiger partial charge in [-0.25, -0.2) is 0 Å². The van der Waals surface area contributed by atoms with Gasteiger partial charge in [-0.15, -0.1) is 0 Å². The summed E-state index contributed by atoms with van der Waals surface area (Å²) in [7, 11) is 0. The van der Waals surface area contributed by atoms with Crippen LogP contribution in [0.15, 0.2) is 0 Å². The summed E-state index contributed by atoms with van der Waals surface area (Å²) in [5.74, 6) is -0.832. The van der Waals surface area contributed by atoms with Crippen LogP contribution in [0.25, 0.3) is 0 Å². The molecule has 0 aromatic carbocycles. The van der Waals surface area contributed by atoms with E-state index >= 15 is 0 Å². The Hall–Kier alpha value is -1.10. The fraction of sp³-hybridized carbons (Fsp3) is 0.833. The number of carboxylic acids is 1. The van der Waals surface area contributed by atoms with E-state index < -0.39 is 5.97 Å². The third kappa shape index (κ3) is 8.68. The highest BCUT2D eigenvalue weighted by Gasteiger charge is 2.13. The Morgan fingerprint density at radius 3 is 2.47 bits per heavy atom. The van der Waals surface area contributed by atoms with Gasteiger partial charge in [-0.05, 0) is 33.2 Å². The molecule has 0 radical (unpaired) electrons. The van der Waals surface area contributed by atoms with E-state index in [0.717, 1.165) is 12.8 Å². The average Bonchev–Trinajstić information content (AvgIpc) is 2.23. The minimum atomic E-state index is -0.805. The Balaban J connectivity index is 3.70. The van der Waals surface area contributed by atoms with Crippen molar-refractivity contribution in [1.82, 2.24) is 10.6 Å². The molecule has 0 aliphatic rings. The van der Waals surface area contributed by atoms with Gasteiger partial charge in [-0.1, -0.05) is 13.3 Å². The van der Waals surface area contributed by atoms with Crippen molar-refractivity contribution in [1.29, 1.82) is 0 Å². The molecule has 0 heterocycles. The van der Waals surface area contributed by atoms with E-state index in [-0.39, 0.29) is 24.4 Å². The highest BCUT2D eigenvalue weighted by atomic mass is 16.4. The fourth-order valence-corrected chi connectivity index (χ4v) is 1.52. The summed E-state index contributed by atoms with van der Waals surface area (Å²) in [5.41, 5.74) is 0. The molecular weight excluding hydrogens is 220 g/mol. The Morgan fingerprint density at radius 2 is 1.94 bits per heavy atom. The summed E-state index contributed by atoms with van der Waals surface area (Å²) in [6.07, 6.45) is 2.68. The molecule has 2 unspecified atom stereocenters. The first kappa shape index (κ1) is 15.9. The summed E-state index contributed by atoms with van der Waals surface area (Å²) in [6, 6.07) is -0.0844. The predicted molar refractivity (Wildman–Crippen MR) is 66.8 cm³/mol. The van der Waals surface area contributed by atoms with Crippen LogP contribution >= 0.6 is 0 Å². The second kappa shape index (κ2) is 8.98. The average molecular weight is 244 g/mol. The summed E-state index contributed by atoms with van der Waals surface area (Å²) in [4.78, 5) is 22.0. The van der Waals surface area contributed by atoms with Crippen LogP contribution in [0.5, 0.6) is 0 Å². The smallest absolute Gasteiger partial charge is 0.303 e. The molecule has 1 amide bonds. The minimum Gasteiger partial charge on any atom is -0.481 e. The van der Waals surface area contributed by atoms with E-state index in [9.17, 15) is 9.59 Å². The molecular formula is C12H24N2O3. The second-order valence-electron chi connectivity index (χ2n) is 4.37. The van der Waals surface area contributed by atoms with Crippen LogP contribution in [-0.2, 0) is 9.59 Å². The first-order valence-corrected chi connectivity index (χ1v) is 6.23. The van der Waals surface area contributed by atoms with Gasteiger partial charge in [0.25, 0.3) is 0 Å². The summed E-state index contributed by atoms with van der Waals surface area (Å²) in [6.45, 7) is 6.40. The highest BCUT2D eigenvalue weighted by Crippen LogP contribution is 1.96. The highest BCUT2D eigenvalue weighted by molar-refractivity contribution is 5.81. The lowest BCUT2D eigenvalue weighted by atomic mass is 10.2. The number of carbonyl (C=O) groups excluding carboxylic acids is 1. The molecule has 100 valence electrons. The maximum absolute atomic E-state index is 11.7. The number of carbonyl (C=O) groups is 2. The zero-order valence-corrected chi connectivity index (χ0v) is 11.0. The number of amides is 1. The zero-order chi connectivity index (χ0) is 13.3. The molecule has 0 bridgehead atoms. The maximum atomic E-state index is 11.7. The predicted octanol–water partition coefficient (Wildman–Crippen LogP) is 1.13. The molecule has 0 saturated carbocycles. The molecule has 0 saturated heterocycles. The molecule has 17 heavy (non-hydrogen) atoms. The molecule has 3 N–H and O–H groups in total. The van der Waals surface area contributed by atoms with E-state index in [0.29, 0.717) is 13.0 Å². The van der Waals surface area contributed by atoms with Crippen LogP contribution in [0.4, 0.5) is 0 Å². The fourth-order valence-electron chi connectivity index (χ4n) is 1.52. The van der Waals surface area contributed by atoms with Crippen LogP contribution in [0.2, 0.25) is 0 Å². The number of rotatable bonds is 9. The molecule has 5 nitrogen and oxygen atoms in total. The lowest BCUT2D eigenvalue weighted by Crippen LogP contribution is -2.45. The van der Waals surface area contributed by atoms with Gasteiger partial charge in [0, 0.05) is 12.5 Å². The van der Waals surface area contributed by atoms with E-state index in [4.69, 9.17) is 5.11 Å². The monoisotopic (exact) mass is 244 g/mol.